The molecule has 0 bridgehead atoms. The van der Waals surface area contributed by atoms with Gasteiger partial charge < -0.3 is 5.11 Å². The molecular formula is C14H10Cl2N2O. The summed E-state index contributed by atoms with van der Waals surface area (Å²) in [4.78, 5) is 8.12. The van der Waals surface area contributed by atoms with Crippen LogP contribution >= 0.6 is 24.0 Å². The minimum absolute atomic E-state index is 0. The molecule has 0 saturated heterocycles. The Balaban J connectivity index is 0.00000133. The highest BCUT2D eigenvalue weighted by Gasteiger charge is 2.11. The van der Waals surface area contributed by atoms with Crippen LogP contribution in [-0.4, -0.2) is 15.1 Å². The van der Waals surface area contributed by atoms with Crippen molar-refractivity contribution in [2.75, 3.05) is 0 Å². The lowest BCUT2D eigenvalue weighted by Crippen LogP contribution is -1.85. The zero-order valence-electron chi connectivity index (χ0n) is 9.75. The van der Waals surface area contributed by atoms with Crippen molar-refractivity contribution in [2.45, 2.75) is 0 Å². The lowest BCUT2D eigenvalue weighted by Gasteiger charge is -2.08. The van der Waals surface area contributed by atoms with E-state index in [1.807, 2.05) is 24.3 Å². The number of rotatable bonds is 1. The van der Waals surface area contributed by atoms with Crippen LogP contribution in [0.1, 0.15) is 0 Å². The molecule has 0 unspecified atom stereocenters. The average molecular weight is 293 g/mol. The molecule has 0 atom stereocenters. The first-order valence-electron chi connectivity index (χ1n) is 5.44. The third-order valence-corrected chi connectivity index (χ3v) is 3.11. The van der Waals surface area contributed by atoms with Gasteiger partial charge in [0, 0.05) is 35.1 Å². The highest BCUT2D eigenvalue weighted by molar-refractivity contribution is 6.33. The molecule has 19 heavy (non-hydrogen) atoms. The summed E-state index contributed by atoms with van der Waals surface area (Å²) in [6.07, 6.45) is 4.85. The Hall–Kier alpha value is -1.84. The molecule has 0 aliphatic heterocycles. The molecule has 1 N–H and O–H groups in total. The van der Waals surface area contributed by atoms with Gasteiger partial charge in [0.2, 0.25) is 0 Å². The molecule has 0 amide bonds. The van der Waals surface area contributed by atoms with Gasteiger partial charge >= 0.3 is 0 Å². The fourth-order valence-corrected chi connectivity index (χ4v) is 2.16. The number of pyridine rings is 2. The van der Waals surface area contributed by atoms with Gasteiger partial charge in [-0.2, -0.15) is 0 Å². The third-order valence-electron chi connectivity index (χ3n) is 2.81. The smallest absolute Gasteiger partial charge is 0.149 e. The summed E-state index contributed by atoms with van der Waals surface area (Å²) in [6.45, 7) is 0. The lowest BCUT2D eigenvalue weighted by molar-refractivity contribution is 0.482. The van der Waals surface area contributed by atoms with Gasteiger partial charge in [0.15, 0.2) is 0 Å². The van der Waals surface area contributed by atoms with Crippen LogP contribution in [-0.2, 0) is 0 Å². The van der Waals surface area contributed by atoms with Crippen LogP contribution in [0.15, 0.2) is 48.9 Å². The molecule has 0 aliphatic carbocycles. The van der Waals surface area contributed by atoms with Crippen LogP contribution in [0.4, 0.5) is 0 Å². The average Bonchev–Trinajstić information content (AvgIpc) is 2.41. The Morgan fingerprint density at radius 2 is 1.84 bits per heavy atom. The van der Waals surface area contributed by atoms with E-state index < -0.39 is 0 Å². The Morgan fingerprint density at radius 1 is 1.00 bits per heavy atom. The maximum absolute atomic E-state index is 10.3. The lowest BCUT2D eigenvalue weighted by atomic mass is 10.0. The number of halogens is 2. The van der Waals surface area contributed by atoms with Crippen LogP contribution in [0.5, 0.6) is 5.75 Å². The molecule has 2 aromatic heterocycles. The molecule has 3 rings (SSSR count). The van der Waals surface area contributed by atoms with Gasteiger partial charge in [-0.3, -0.25) is 9.97 Å². The molecule has 0 fully saturated rings. The summed E-state index contributed by atoms with van der Waals surface area (Å²) in [5.41, 5.74) is 1.98. The number of hydrogen-bond acceptors (Lipinski definition) is 3. The third kappa shape index (κ3) is 2.35. The van der Waals surface area contributed by atoms with Gasteiger partial charge in [-0.1, -0.05) is 23.7 Å². The summed E-state index contributed by atoms with van der Waals surface area (Å²) in [5, 5.41) is 11.7. The Morgan fingerprint density at radius 3 is 2.63 bits per heavy atom. The van der Waals surface area contributed by atoms with E-state index in [-0.39, 0.29) is 18.2 Å². The van der Waals surface area contributed by atoms with Crippen molar-refractivity contribution >= 4 is 34.9 Å². The van der Waals surface area contributed by atoms with E-state index in [2.05, 4.69) is 9.97 Å². The Bertz CT molecular complexity index is 731. The molecule has 0 aliphatic rings. The van der Waals surface area contributed by atoms with Crippen molar-refractivity contribution in [3.8, 4) is 16.9 Å². The quantitative estimate of drug-likeness (QED) is 0.735. The summed E-state index contributed by atoms with van der Waals surface area (Å²) >= 11 is 6.09. The molecule has 0 spiro atoms. The standard InChI is InChI=1S/C14H9ClN2O.ClH/c15-12-8-16-7-5-10(12)11-4-3-9-2-1-6-17-13(9)14(11)18;/h1-8,18H;1H. The Kier molecular flexibility index (Phi) is 3.88. The van der Waals surface area contributed by atoms with Crippen LogP contribution < -0.4 is 0 Å². The number of hydrogen-bond donors (Lipinski definition) is 1. The fourth-order valence-electron chi connectivity index (χ4n) is 1.94. The van der Waals surface area contributed by atoms with E-state index in [0.29, 0.717) is 16.1 Å². The highest BCUT2D eigenvalue weighted by Crippen LogP contribution is 2.37. The van der Waals surface area contributed by atoms with E-state index in [1.165, 1.54) is 0 Å². The predicted octanol–water partition coefficient (Wildman–Crippen LogP) is 4.08. The first kappa shape index (κ1) is 13.6. The molecule has 3 nitrogen and oxygen atoms in total. The van der Waals surface area contributed by atoms with Crippen molar-refractivity contribution in [3.63, 3.8) is 0 Å². The zero-order valence-corrected chi connectivity index (χ0v) is 11.3. The Labute approximate surface area is 121 Å². The van der Waals surface area contributed by atoms with E-state index >= 15 is 0 Å². The van der Waals surface area contributed by atoms with Crippen LogP contribution in [0.25, 0.3) is 22.0 Å². The topological polar surface area (TPSA) is 46.0 Å². The number of aromatic hydroxyl groups is 1. The van der Waals surface area contributed by atoms with Gasteiger partial charge in [0.1, 0.15) is 11.3 Å². The molecule has 5 heteroatoms. The normalized spacial score (nSPS) is 10.2. The maximum atomic E-state index is 10.3. The van der Waals surface area contributed by atoms with Gasteiger partial charge in [0.25, 0.3) is 0 Å². The molecule has 96 valence electrons. The van der Waals surface area contributed by atoms with Gasteiger partial charge in [-0.25, -0.2) is 0 Å². The molecule has 1 aromatic carbocycles. The van der Waals surface area contributed by atoms with Crippen LogP contribution in [0, 0.1) is 0 Å². The number of fused-ring (bicyclic) bond motifs is 1. The second-order valence-corrected chi connectivity index (χ2v) is 4.30. The van der Waals surface area contributed by atoms with Crippen LogP contribution in [0.2, 0.25) is 5.02 Å². The number of nitrogens with zero attached hydrogens (tertiary/aromatic N) is 2. The summed E-state index contributed by atoms with van der Waals surface area (Å²) < 4.78 is 0. The monoisotopic (exact) mass is 292 g/mol. The maximum Gasteiger partial charge on any atom is 0.149 e. The predicted molar refractivity (Wildman–Crippen MR) is 78.9 cm³/mol. The van der Waals surface area contributed by atoms with Crippen molar-refractivity contribution in [1.82, 2.24) is 9.97 Å². The minimum atomic E-state index is 0. The molecule has 3 aromatic rings. The minimum Gasteiger partial charge on any atom is -0.505 e. The van der Waals surface area contributed by atoms with Gasteiger partial charge in [0.05, 0.1) is 5.02 Å². The highest BCUT2D eigenvalue weighted by atomic mass is 35.5. The SMILES string of the molecule is Cl.Oc1c(-c2ccncc2Cl)ccc2cccnc12. The number of aromatic nitrogens is 2. The number of benzene rings is 1. The first-order chi connectivity index (χ1) is 8.77. The molecule has 0 radical (unpaired) electrons. The van der Waals surface area contributed by atoms with Crippen LogP contribution in [0.3, 0.4) is 0 Å². The molecule has 2 heterocycles. The first-order valence-corrected chi connectivity index (χ1v) is 5.82. The molecular weight excluding hydrogens is 283 g/mol. The van der Waals surface area contributed by atoms with E-state index in [1.54, 1.807) is 24.7 Å². The fraction of sp³-hybridized carbons (Fsp3) is 0. The summed E-state index contributed by atoms with van der Waals surface area (Å²) in [7, 11) is 0. The summed E-state index contributed by atoms with van der Waals surface area (Å²) in [5.74, 6) is 0.140. The van der Waals surface area contributed by atoms with Crippen molar-refractivity contribution < 1.29 is 5.11 Å². The largest absolute Gasteiger partial charge is 0.505 e. The molecule has 0 saturated carbocycles. The van der Waals surface area contributed by atoms with Crippen molar-refractivity contribution in [2.24, 2.45) is 0 Å². The van der Waals surface area contributed by atoms with E-state index in [4.69, 9.17) is 11.6 Å². The van der Waals surface area contributed by atoms with E-state index in [0.717, 1.165) is 10.9 Å². The summed E-state index contributed by atoms with van der Waals surface area (Å²) in [6, 6.07) is 9.25. The zero-order chi connectivity index (χ0) is 12.5. The van der Waals surface area contributed by atoms with Gasteiger partial charge in [-0.05, 0) is 18.2 Å². The number of phenolic OH excluding ortho intramolecular Hbond substituents is 1. The second-order valence-electron chi connectivity index (χ2n) is 3.89. The van der Waals surface area contributed by atoms with Crippen molar-refractivity contribution in [3.05, 3.63) is 53.9 Å². The van der Waals surface area contributed by atoms with E-state index in [9.17, 15) is 5.11 Å². The number of phenols is 1. The second kappa shape index (κ2) is 5.43. The van der Waals surface area contributed by atoms with Crippen molar-refractivity contribution in [1.29, 1.82) is 0 Å². The van der Waals surface area contributed by atoms with Gasteiger partial charge in [-0.15, -0.1) is 12.4 Å².